The maximum Gasteiger partial charge on any atom is 0.0598 e. The lowest BCUT2D eigenvalue weighted by Crippen LogP contribution is -2.05. The van der Waals surface area contributed by atoms with E-state index in [0.29, 0.717) is 0 Å². The Bertz CT molecular complexity index is 408. The number of hydrogen-bond acceptors (Lipinski definition) is 3. The van der Waals surface area contributed by atoms with E-state index in [2.05, 4.69) is 45.4 Å². The highest BCUT2D eigenvalue weighted by Crippen LogP contribution is 2.19. The zero-order chi connectivity index (χ0) is 9.97. The first kappa shape index (κ1) is 9.55. The fourth-order valence-electron chi connectivity index (χ4n) is 1.24. The minimum absolute atomic E-state index is 1.16. The van der Waals surface area contributed by atoms with Crippen LogP contribution in [0.25, 0.3) is 11.9 Å². The summed E-state index contributed by atoms with van der Waals surface area (Å²) in [6.07, 6.45) is 4.23. The van der Waals surface area contributed by atoms with Crippen molar-refractivity contribution in [2.24, 2.45) is 0 Å². The van der Waals surface area contributed by atoms with Crippen molar-refractivity contribution in [2.75, 3.05) is 7.05 Å². The van der Waals surface area contributed by atoms with Crippen LogP contribution >= 0.6 is 22.9 Å². The molecule has 0 radical (unpaired) electrons. The quantitative estimate of drug-likeness (QED) is 0.847. The summed E-state index contributed by atoms with van der Waals surface area (Å²) < 4.78 is 2.11. The molecule has 2 nitrogen and oxygen atoms in total. The van der Waals surface area contributed by atoms with Gasteiger partial charge in [-0.15, -0.1) is 0 Å². The molecule has 14 heavy (non-hydrogen) atoms. The van der Waals surface area contributed by atoms with Crippen molar-refractivity contribution < 1.29 is 0 Å². The highest BCUT2D eigenvalue weighted by atomic mass is 32.1. The number of thiophene rings is 1. The van der Waals surface area contributed by atoms with E-state index in [4.69, 9.17) is 0 Å². The lowest BCUT2D eigenvalue weighted by atomic mass is 10.2. The van der Waals surface area contributed by atoms with Gasteiger partial charge in [-0.3, -0.25) is 3.96 Å². The molecule has 0 aromatic carbocycles. The molecule has 0 amide bonds. The molecule has 2 aromatic heterocycles. The predicted octanol–water partition coefficient (Wildman–Crippen LogP) is 3.09. The summed E-state index contributed by atoms with van der Waals surface area (Å²) in [5.74, 6) is 0. The topological polar surface area (TPSA) is 17.0 Å². The van der Waals surface area contributed by atoms with E-state index in [0.717, 1.165) is 5.70 Å². The summed E-state index contributed by atoms with van der Waals surface area (Å²) in [6, 6.07) is 2.12. The van der Waals surface area contributed by atoms with Crippen molar-refractivity contribution in [1.29, 1.82) is 0 Å². The van der Waals surface area contributed by atoms with Gasteiger partial charge in [0.2, 0.25) is 0 Å². The third-order valence-corrected chi connectivity index (χ3v) is 3.41. The molecule has 0 saturated heterocycles. The number of nitrogens with one attached hydrogen (secondary N) is 1. The van der Waals surface area contributed by atoms with Gasteiger partial charge in [0.25, 0.3) is 0 Å². The van der Waals surface area contributed by atoms with Crippen molar-refractivity contribution in [3.05, 3.63) is 33.5 Å². The molecule has 0 aliphatic rings. The van der Waals surface area contributed by atoms with Crippen molar-refractivity contribution in [3.8, 4) is 0 Å². The minimum Gasteiger partial charge on any atom is -0.386 e. The van der Waals surface area contributed by atoms with Gasteiger partial charge in [0.05, 0.1) is 5.70 Å². The third-order valence-electron chi connectivity index (χ3n) is 1.92. The number of aryl methyl sites for hydroxylation is 1. The highest BCUT2D eigenvalue weighted by Gasteiger charge is 2.01. The zero-order valence-electron chi connectivity index (χ0n) is 8.15. The Balaban J connectivity index is 2.23. The molecule has 0 unspecified atom stereocenters. The van der Waals surface area contributed by atoms with E-state index in [1.807, 2.05) is 7.05 Å². The molecule has 2 rings (SSSR count). The SMILES string of the molecule is CN/C(=C\n1cc(C)s1)c1ccsc1. The lowest BCUT2D eigenvalue weighted by Gasteiger charge is -2.09. The molecule has 4 heteroatoms. The first-order valence-electron chi connectivity index (χ1n) is 4.36. The second-order valence-electron chi connectivity index (χ2n) is 3.00. The number of hydrogen-bond donors (Lipinski definition) is 1. The Morgan fingerprint density at radius 2 is 2.36 bits per heavy atom. The van der Waals surface area contributed by atoms with Gasteiger partial charge in [-0.2, -0.15) is 11.3 Å². The van der Waals surface area contributed by atoms with Gasteiger partial charge >= 0.3 is 0 Å². The van der Waals surface area contributed by atoms with Gasteiger partial charge in [-0.05, 0) is 18.4 Å². The van der Waals surface area contributed by atoms with Gasteiger partial charge in [0, 0.05) is 35.3 Å². The van der Waals surface area contributed by atoms with Crippen LogP contribution in [-0.2, 0) is 0 Å². The number of aromatic nitrogens is 1. The van der Waals surface area contributed by atoms with Crippen LogP contribution in [0.5, 0.6) is 0 Å². The van der Waals surface area contributed by atoms with Crippen LogP contribution < -0.4 is 5.32 Å². The van der Waals surface area contributed by atoms with Gasteiger partial charge in [-0.1, -0.05) is 11.5 Å². The fourth-order valence-corrected chi connectivity index (χ4v) is 2.60. The normalized spacial score (nSPS) is 12.0. The van der Waals surface area contributed by atoms with Gasteiger partial charge in [-0.25, -0.2) is 0 Å². The van der Waals surface area contributed by atoms with Crippen LogP contribution in [0.4, 0.5) is 0 Å². The van der Waals surface area contributed by atoms with Crippen LogP contribution in [0.15, 0.2) is 23.0 Å². The summed E-state index contributed by atoms with van der Waals surface area (Å²) in [7, 11) is 1.95. The predicted molar refractivity (Wildman–Crippen MR) is 64.6 cm³/mol. The first-order valence-corrected chi connectivity index (χ1v) is 6.08. The fraction of sp³-hybridized carbons (Fsp3) is 0.200. The second-order valence-corrected chi connectivity index (χ2v) is 5.02. The largest absolute Gasteiger partial charge is 0.386 e. The molecule has 0 atom stereocenters. The summed E-state index contributed by atoms with van der Waals surface area (Å²) >= 11 is 3.47. The average Bonchev–Trinajstić information content (AvgIpc) is 2.63. The van der Waals surface area contributed by atoms with Gasteiger partial charge in [0.1, 0.15) is 0 Å². The summed E-state index contributed by atoms with van der Waals surface area (Å²) in [5, 5.41) is 7.43. The van der Waals surface area contributed by atoms with Gasteiger partial charge in [0.15, 0.2) is 0 Å². The molecule has 1 N–H and O–H groups in total. The summed E-state index contributed by atoms with van der Waals surface area (Å²) in [4.78, 5) is 1.35. The minimum atomic E-state index is 1.16. The Morgan fingerprint density at radius 1 is 1.57 bits per heavy atom. The average molecular weight is 224 g/mol. The van der Waals surface area contributed by atoms with Crippen LogP contribution in [-0.4, -0.2) is 11.0 Å². The maximum atomic E-state index is 3.20. The third kappa shape index (κ3) is 1.91. The van der Waals surface area contributed by atoms with Crippen LogP contribution in [0, 0.1) is 6.92 Å². The molecule has 2 heterocycles. The van der Waals surface area contributed by atoms with Crippen molar-refractivity contribution in [3.63, 3.8) is 0 Å². The first-order chi connectivity index (χ1) is 6.79. The molecular weight excluding hydrogens is 212 g/mol. The highest BCUT2D eigenvalue weighted by molar-refractivity contribution is 7.08. The second kappa shape index (κ2) is 4.02. The Kier molecular flexibility index (Phi) is 2.74. The van der Waals surface area contributed by atoms with Crippen LogP contribution in [0.2, 0.25) is 0 Å². The Morgan fingerprint density at radius 3 is 2.86 bits per heavy atom. The molecule has 0 spiro atoms. The van der Waals surface area contributed by atoms with Crippen LogP contribution in [0.3, 0.4) is 0 Å². The van der Waals surface area contributed by atoms with E-state index >= 15 is 0 Å². The number of nitrogens with zero attached hydrogens (tertiary/aromatic N) is 1. The molecule has 0 fully saturated rings. The molecule has 0 saturated carbocycles. The smallest absolute Gasteiger partial charge is 0.0598 e. The molecular formula is C10H12N2S2. The Labute approximate surface area is 91.6 Å². The Hall–Kier alpha value is -1.00. The molecule has 2 aromatic rings. The summed E-state index contributed by atoms with van der Waals surface area (Å²) in [5.41, 5.74) is 2.40. The van der Waals surface area contributed by atoms with Crippen molar-refractivity contribution in [1.82, 2.24) is 9.27 Å². The lowest BCUT2D eigenvalue weighted by molar-refractivity contribution is 1.12. The van der Waals surface area contributed by atoms with Crippen molar-refractivity contribution in [2.45, 2.75) is 6.92 Å². The van der Waals surface area contributed by atoms with E-state index in [9.17, 15) is 0 Å². The van der Waals surface area contributed by atoms with E-state index in [1.165, 1.54) is 10.4 Å². The summed E-state index contributed by atoms with van der Waals surface area (Å²) in [6.45, 7) is 2.11. The van der Waals surface area contributed by atoms with E-state index in [1.54, 1.807) is 22.9 Å². The van der Waals surface area contributed by atoms with Crippen LogP contribution in [0.1, 0.15) is 10.4 Å². The monoisotopic (exact) mass is 224 g/mol. The van der Waals surface area contributed by atoms with E-state index in [-0.39, 0.29) is 0 Å². The number of rotatable bonds is 3. The van der Waals surface area contributed by atoms with Crippen molar-refractivity contribution >= 4 is 34.8 Å². The molecule has 0 aliphatic carbocycles. The maximum absolute atomic E-state index is 3.20. The molecule has 0 aliphatic heterocycles. The van der Waals surface area contributed by atoms with E-state index < -0.39 is 0 Å². The molecule has 74 valence electrons. The standard InChI is InChI=1S/C10H12N2S2/c1-8-5-12(14-8)6-10(11-2)9-3-4-13-7-9/h3-7,11H,1-2H3/b10-6-. The van der Waals surface area contributed by atoms with Gasteiger partial charge < -0.3 is 5.32 Å². The molecule has 0 bridgehead atoms. The zero-order valence-corrected chi connectivity index (χ0v) is 9.78.